The maximum absolute atomic E-state index is 14.4. The van der Waals surface area contributed by atoms with Crippen LogP contribution in [0.15, 0.2) is 48.1 Å². The lowest BCUT2D eigenvalue weighted by molar-refractivity contribution is -0.162. The fourth-order valence-corrected chi connectivity index (χ4v) is 10.4. The van der Waals surface area contributed by atoms with Crippen molar-refractivity contribution in [2.24, 2.45) is 23.2 Å². The van der Waals surface area contributed by atoms with Crippen molar-refractivity contribution < 1.29 is 76.6 Å². The molecule has 4 aliphatic heterocycles. The van der Waals surface area contributed by atoms with Gasteiger partial charge in [0.15, 0.2) is 5.72 Å². The summed E-state index contributed by atoms with van der Waals surface area (Å²) in [4.78, 5) is 93.9. The number of alkyl carbamates (subject to hydrolysis) is 1. The molecule has 6 amide bonds. The van der Waals surface area contributed by atoms with E-state index in [0.717, 1.165) is 16.0 Å². The summed E-state index contributed by atoms with van der Waals surface area (Å²) in [7, 11) is 4.59. The van der Waals surface area contributed by atoms with Crippen molar-refractivity contribution in [2.75, 3.05) is 105 Å². The van der Waals surface area contributed by atoms with E-state index < -0.39 is 59.2 Å². The normalized spacial score (nSPS) is 27.5. The zero-order chi connectivity index (χ0) is 54.3. The fourth-order valence-electron chi connectivity index (χ4n) is 10.1. The van der Waals surface area contributed by atoms with Crippen molar-refractivity contribution in [3.05, 3.63) is 58.7 Å². The Bertz CT molecular complexity index is 2290. The number of allylic oxidation sites excluding steroid dienone is 3. The molecule has 75 heavy (non-hydrogen) atoms. The molecule has 0 radical (unpaired) electrons. The molecule has 5 aliphatic rings. The van der Waals surface area contributed by atoms with Gasteiger partial charge in [0.25, 0.3) is 11.8 Å². The molecule has 21 nitrogen and oxygen atoms in total. The van der Waals surface area contributed by atoms with Crippen LogP contribution < -0.4 is 20.3 Å². The third-order valence-corrected chi connectivity index (χ3v) is 15.1. The van der Waals surface area contributed by atoms with Gasteiger partial charge < -0.3 is 58.1 Å². The van der Waals surface area contributed by atoms with Crippen LogP contribution in [0.3, 0.4) is 0 Å². The standard InChI is InChI=1S/C53H74ClN5O16/c1-34-8-7-9-42(69-6)53(67)33-41(74-51(66)56-53)35(2)38-32-52(38,3)43(31-48(64)57(4)39-29-36(28-34)30-40(68-5)49(39)54)75-50(65)37-12-17-58(18-13-37)45(61)15-20-70-22-24-72-26-27-73-25-23-71-21-16-55-44(60)14-19-59-46(62)10-11-47(59)63/h7-11,29-30,35,37-38,41-43,67H,12-28,31-33H2,1-6H3,(H,55,60)(H,56,66)/b9-7+,34-8+/t35-,38-,41-,42?,43-,52-,53-/m0/s1. The van der Waals surface area contributed by atoms with Gasteiger partial charge >= 0.3 is 12.1 Å². The molecule has 1 saturated carbocycles. The summed E-state index contributed by atoms with van der Waals surface area (Å²) >= 11 is 6.85. The number of esters is 1. The van der Waals surface area contributed by atoms with Crippen LogP contribution in [-0.2, 0) is 68.3 Å². The van der Waals surface area contributed by atoms with E-state index >= 15 is 0 Å². The number of benzene rings is 1. The first-order valence-corrected chi connectivity index (χ1v) is 26.1. The van der Waals surface area contributed by atoms with Crippen LogP contribution in [0.5, 0.6) is 5.75 Å². The topological polar surface area (TPSA) is 247 Å². The number of hydrogen-bond acceptors (Lipinski definition) is 16. The number of amides is 6. The molecule has 1 aromatic rings. The van der Waals surface area contributed by atoms with E-state index in [-0.39, 0.29) is 93.2 Å². The summed E-state index contributed by atoms with van der Waals surface area (Å²) in [5.74, 6) is -2.60. The summed E-state index contributed by atoms with van der Waals surface area (Å²) in [6, 6.07) is 3.65. The average Bonchev–Trinajstić information content (AvgIpc) is 3.98. The number of nitrogens with zero attached hydrogens (tertiary/aromatic N) is 3. The Kier molecular flexibility index (Phi) is 21.6. The molecule has 414 valence electrons. The van der Waals surface area contributed by atoms with Crippen molar-refractivity contribution in [2.45, 2.75) is 96.2 Å². The van der Waals surface area contributed by atoms with Crippen molar-refractivity contribution in [1.29, 1.82) is 0 Å². The molecular weight excluding hydrogens is 998 g/mol. The van der Waals surface area contributed by atoms with Gasteiger partial charge in [-0.25, -0.2) is 4.79 Å². The van der Waals surface area contributed by atoms with Gasteiger partial charge in [-0.05, 0) is 62.1 Å². The lowest BCUT2D eigenvalue weighted by atomic mass is 9.83. The number of piperidine rings is 1. The largest absolute Gasteiger partial charge is 0.495 e. The van der Waals surface area contributed by atoms with E-state index in [9.17, 15) is 38.7 Å². The molecule has 2 saturated heterocycles. The minimum atomic E-state index is -1.79. The first kappa shape index (κ1) is 58.8. The highest BCUT2D eigenvalue weighted by molar-refractivity contribution is 6.35. The molecule has 6 rings (SSSR count). The van der Waals surface area contributed by atoms with Crippen LogP contribution >= 0.6 is 11.6 Å². The molecule has 1 aromatic carbocycles. The highest BCUT2D eigenvalue weighted by Crippen LogP contribution is 2.61. The number of imide groups is 1. The fraction of sp³-hybridized carbons (Fsp3) is 0.642. The van der Waals surface area contributed by atoms with Crippen molar-refractivity contribution in [3.63, 3.8) is 0 Å². The van der Waals surface area contributed by atoms with Crippen LogP contribution in [0.25, 0.3) is 0 Å². The number of fused-ring (bicyclic) bond motifs is 5. The predicted octanol–water partition coefficient (Wildman–Crippen LogP) is 3.66. The Hall–Kier alpha value is -5.42. The Morgan fingerprint density at radius 1 is 0.907 bits per heavy atom. The lowest BCUT2D eigenvalue weighted by Crippen LogP contribution is -2.63. The second kappa shape index (κ2) is 27.6. The van der Waals surface area contributed by atoms with E-state index in [1.54, 1.807) is 24.1 Å². The van der Waals surface area contributed by atoms with E-state index in [0.29, 0.717) is 83.2 Å². The van der Waals surface area contributed by atoms with Crippen molar-refractivity contribution in [3.8, 4) is 5.75 Å². The van der Waals surface area contributed by atoms with Crippen molar-refractivity contribution in [1.82, 2.24) is 20.4 Å². The Morgan fingerprint density at radius 2 is 1.55 bits per heavy atom. The van der Waals surface area contributed by atoms with Crippen LogP contribution in [0.4, 0.5) is 10.5 Å². The van der Waals surface area contributed by atoms with Gasteiger partial charge in [-0.3, -0.25) is 39.0 Å². The molecule has 3 N–H and O–H groups in total. The van der Waals surface area contributed by atoms with Crippen LogP contribution in [0.2, 0.25) is 5.02 Å². The zero-order valence-corrected chi connectivity index (χ0v) is 44.7. The molecule has 7 atom stereocenters. The van der Waals surface area contributed by atoms with Gasteiger partial charge in [0, 0.05) is 70.7 Å². The highest BCUT2D eigenvalue weighted by atomic mass is 35.5. The van der Waals surface area contributed by atoms with Gasteiger partial charge in [0.1, 0.15) is 29.1 Å². The maximum atomic E-state index is 14.4. The van der Waals surface area contributed by atoms with Crippen LogP contribution in [0, 0.1) is 23.2 Å². The smallest absolute Gasteiger partial charge is 0.409 e. The number of carbonyl (C=O) groups is 7. The lowest BCUT2D eigenvalue weighted by Gasteiger charge is -2.42. The van der Waals surface area contributed by atoms with E-state index in [1.807, 2.05) is 39.0 Å². The Morgan fingerprint density at radius 3 is 2.19 bits per heavy atom. The summed E-state index contributed by atoms with van der Waals surface area (Å²) in [6.45, 7) is 9.28. The van der Waals surface area contributed by atoms with Crippen molar-refractivity contribution >= 4 is 58.9 Å². The van der Waals surface area contributed by atoms with Crippen LogP contribution in [0.1, 0.15) is 71.3 Å². The third kappa shape index (κ3) is 16.1. The summed E-state index contributed by atoms with van der Waals surface area (Å²) in [6.07, 6.45) is 6.21. The highest BCUT2D eigenvalue weighted by Gasteiger charge is 2.62. The number of likely N-dealkylation sites (tertiary alicyclic amines) is 1. The molecular formula is C53H74ClN5O16. The quantitative estimate of drug-likeness (QED) is 0.0852. The molecule has 0 aromatic heterocycles. The number of rotatable bonds is 22. The minimum Gasteiger partial charge on any atom is -0.495 e. The molecule has 4 bridgehead atoms. The number of anilines is 1. The number of methoxy groups -OCH3 is 2. The second-order valence-corrected chi connectivity index (χ2v) is 20.3. The molecule has 1 aliphatic carbocycles. The average molecular weight is 1070 g/mol. The first-order chi connectivity index (χ1) is 35.9. The first-order valence-electron chi connectivity index (χ1n) is 25.7. The number of aliphatic hydroxyl groups is 1. The Balaban J connectivity index is 0.933. The monoisotopic (exact) mass is 1070 g/mol. The van der Waals surface area contributed by atoms with E-state index in [1.165, 1.54) is 31.3 Å². The summed E-state index contributed by atoms with van der Waals surface area (Å²) in [5.41, 5.74) is -0.292. The molecule has 1 unspecified atom stereocenters. The number of nitrogens with one attached hydrogen (secondary N) is 2. The van der Waals surface area contributed by atoms with E-state index in [4.69, 9.17) is 49.5 Å². The molecule has 0 spiro atoms. The molecule has 4 heterocycles. The Labute approximate surface area is 443 Å². The predicted molar refractivity (Wildman–Crippen MR) is 272 cm³/mol. The number of ether oxygens (including phenoxy) is 8. The van der Waals surface area contributed by atoms with Gasteiger partial charge in [-0.15, -0.1) is 0 Å². The van der Waals surface area contributed by atoms with Gasteiger partial charge in [-0.1, -0.05) is 49.2 Å². The van der Waals surface area contributed by atoms with E-state index in [2.05, 4.69) is 10.6 Å². The third-order valence-electron chi connectivity index (χ3n) is 14.7. The minimum absolute atomic E-state index is 0.0143. The number of carbonyl (C=O) groups excluding carboxylic acids is 7. The molecule has 22 heteroatoms. The summed E-state index contributed by atoms with van der Waals surface area (Å²) < 4.78 is 45.6. The molecule has 3 fully saturated rings. The maximum Gasteiger partial charge on any atom is 0.409 e. The number of halogens is 1. The van der Waals surface area contributed by atoms with Gasteiger partial charge in [-0.2, -0.15) is 0 Å². The SMILES string of the molecule is COc1cc2cc(c1Cl)N(C)C(=O)C[C@H](OC(=O)C1CCN(C(=O)CCOCCOCCOCCOCCNC(=O)CCN3C(=O)C=CC3=O)CC1)[C@@]1(C)C[C@H]1[C@H](C)[C@@H]1C[C@@](O)(NC(=O)O1)C(OC)/C=C/C=C(\C)C2. The van der Waals surface area contributed by atoms with Gasteiger partial charge in [0.05, 0.1) is 84.4 Å². The number of hydrogen-bond donors (Lipinski definition) is 3. The second-order valence-electron chi connectivity index (χ2n) is 19.9. The van der Waals surface area contributed by atoms with Gasteiger partial charge in [0.2, 0.25) is 17.7 Å². The zero-order valence-electron chi connectivity index (χ0n) is 43.9. The summed E-state index contributed by atoms with van der Waals surface area (Å²) in [5, 5.41) is 17.4. The van der Waals surface area contributed by atoms with Crippen LogP contribution in [-0.4, -0.2) is 181 Å².